The van der Waals surface area contributed by atoms with Gasteiger partial charge in [-0.25, -0.2) is 0 Å². The fourth-order valence-corrected chi connectivity index (χ4v) is 3.15. The number of fused-ring (bicyclic) bond motifs is 1. The van der Waals surface area contributed by atoms with Gasteiger partial charge in [-0.3, -0.25) is 15.1 Å². The molecule has 1 saturated carbocycles. The van der Waals surface area contributed by atoms with Crippen molar-refractivity contribution in [3.05, 3.63) is 41.0 Å². The highest BCUT2D eigenvalue weighted by Gasteiger charge is 2.50. The van der Waals surface area contributed by atoms with Crippen LogP contribution in [0.25, 0.3) is 10.9 Å². The molecule has 0 radical (unpaired) electrons. The summed E-state index contributed by atoms with van der Waals surface area (Å²) in [5, 5.41) is 14.2. The number of benzene rings is 1. The molecular formula is C16H17ClN2O3. The van der Waals surface area contributed by atoms with Gasteiger partial charge in [0.2, 0.25) is 0 Å². The van der Waals surface area contributed by atoms with Crippen molar-refractivity contribution in [2.75, 3.05) is 7.11 Å². The highest BCUT2D eigenvalue weighted by Crippen LogP contribution is 2.35. The van der Waals surface area contributed by atoms with Crippen LogP contribution in [0, 0.1) is 0 Å². The third kappa shape index (κ3) is 2.67. The van der Waals surface area contributed by atoms with Crippen LogP contribution in [0.2, 0.25) is 5.02 Å². The second-order valence-electron chi connectivity index (χ2n) is 5.65. The van der Waals surface area contributed by atoms with Crippen molar-refractivity contribution in [1.82, 2.24) is 10.3 Å². The number of hydrogen-bond donors (Lipinski definition) is 2. The fraction of sp³-hybridized carbons (Fsp3) is 0.375. The molecular weight excluding hydrogens is 304 g/mol. The number of hydrogen-bond acceptors (Lipinski definition) is 4. The van der Waals surface area contributed by atoms with Gasteiger partial charge >= 0.3 is 5.97 Å². The van der Waals surface area contributed by atoms with Crippen molar-refractivity contribution < 1.29 is 14.6 Å². The molecule has 2 aromatic rings. The minimum absolute atomic E-state index is 0.00201. The zero-order valence-electron chi connectivity index (χ0n) is 12.2. The normalized spacial score (nSPS) is 24.2. The zero-order chi connectivity index (χ0) is 15.7. The van der Waals surface area contributed by atoms with Crippen molar-refractivity contribution >= 4 is 28.5 Å². The van der Waals surface area contributed by atoms with Crippen molar-refractivity contribution in [2.45, 2.75) is 31.0 Å². The van der Waals surface area contributed by atoms with Crippen LogP contribution in [0.4, 0.5) is 0 Å². The third-order valence-corrected chi connectivity index (χ3v) is 4.48. The highest BCUT2D eigenvalue weighted by molar-refractivity contribution is 6.31. The van der Waals surface area contributed by atoms with Crippen LogP contribution in [0.5, 0.6) is 0 Å². The van der Waals surface area contributed by atoms with Crippen LogP contribution in [-0.4, -0.2) is 34.8 Å². The van der Waals surface area contributed by atoms with E-state index in [1.807, 2.05) is 24.3 Å². The van der Waals surface area contributed by atoms with Crippen molar-refractivity contribution in [3.63, 3.8) is 0 Å². The van der Waals surface area contributed by atoms with Crippen LogP contribution >= 0.6 is 11.6 Å². The predicted molar refractivity (Wildman–Crippen MR) is 84.0 cm³/mol. The lowest BCUT2D eigenvalue weighted by atomic mass is 9.74. The topological polar surface area (TPSA) is 71.5 Å². The first-order valence-corrected chi connectivity index (χ1v) is 7.46. The summed E-state index contributed by atoms with van der Waals surface area (Å²) in [6.45, 7) is 0.400. The van der Waals surface area contributed by atoms with Gasteiger partial charge in [0.1, 0.15) is 5.54 Å². The molecule has 1 aliphatic carbocycles. The van der Waals surface area contributed by atoms with E-state index >= 15 is 0 Å². The Balaban J connectivity index is 1.83. The Bertz CT molecular complexity index is 714. The molecule has 6 heteroatoms. The molecule has 0 aliphatic heterocycles. The summed E-state index contributed by atoms with van der Waals surface area (Å²) in [5.74, 6) is -0.847. The van der Waals surface area contributed by atoms with Crippen LogP contribution < -0.4 is 5.32 Å². The molecule has 1 heterocycles. The summed E-state index contributed by atoms with van der Waals surface area (Å²) < 4.78 is 5.20. The summed E-state index contributed by atoms with van der Waals surface area (Å²) in [4.78, 5) is 15.9. The first kappa shape index (κ1) is 15.2. The number of carbonyl (C=O) groups is 1. The lowest BCUT2D eigenvalue weighted by Gasteiger charge is -2.44. The number of ether oxygens (including phenoxy) is 1. The smallest absolute Gasteiger partial charge is 0.324 e. The number of nitrogens with one attached hydrogen (secondary N) is 1. The Hall–Kier alpha value is -1.69. The van der Waals surface area contributed by atoms with Crippen molar-refractivity contribution in [3.8, 4) is 0 Å². The Kier molecular flexibility index (Phi) is 4.04. The van der Waals surface area contributed by atoms with Crippen molar-refractivity contribution in [1.29, 1.82) is 0 Å². The summed E-state index contributed by atoms with van der Waals surface area (Å²) in [5.41, 5.74) is 0.802. The van der Waals surface area contributed by atoms with Gasteiger partial charge in [-0.15, -0.1) is 0 Å². The van der Waals surface area contributed by atoms with Crippen LogP contribution in [0.15, 0.2) is 30.5 Å². The molecule has 2 N–H and O–H groups in total. The largest absolute Gasteiger partial charge is 0.480 e. The molecule has 0 atom stereocenters. The Morgan fingerprint density at radius 2 is 2.32 bits per heavy atom. The summed E-state index contributed by atoms with van der Waals surface area (Å²) in [6, 6.07) is 7.47. The van der Waals surface area contributed by atoms with Gasteiger partial charge in [-0.1, -0.05) is 17.7 Å². The summed E-state index contributed by atoms with van der Waals surface area (Å²) in [6.07, 6.45) is 2.64. The number of carboxylic acid groups (broad SMARTS) is 1. The molecule has 0 saturated heterocycles. The van der Waals surface area contributed by atoms with E-state index < -0.39 is 11.5 Å². The number of pyridine rings is 1. The van der Waals surface area contributed by atoms with E-state index in [9.17, 15) is 9.90 Å². The van der Waals surface area contributed by atoms with Crippen LogP contribution in [0.1, 0.15) is 18.4 Å². The molecule has 0 spiro atoms. The lowest BCUT2D eigenvalue weighted by molar-refractivity contribution is -0.156. The molecule has 0 amide bonds. The fourth-order valence-electron chi connectivity index (χ4n) is 2.91. The predicted octanol–water partition coefficient (Wildman–Crippen LogP) is 2.61. The lowest BCUT2D eigenvalue weighted by Crippen LogP contribution is -2.62. The van der Waals surface area contributed by atoms with E-state index in [1.54, 1.807) is 13.3 Å². The minimum Gasteiger partial charge on any atom is -0.480 e. The molecule has 0 bridgehead atoms. The summed E-state index contributed by atoms with van der Waals surface area (Å²) in [7, 11) is 1.60. The minimum atomic E-state index is -0.926. The van der Waals surface area contributed by atoms with Gasteiger partial charge in [0.15, 0.2) is 0 Å². The van der Waals surface area contributed by atoms with Crippen LogP contribution in [-0.2, 0) is 16.1 Å². The molecule has 5 nitrogen and oxygen atoms in total. The molecule has 1 aromatic heterocycles. The van der Waals surface area contributed by atoms with Gasteiger partial charge in [0.25, 0.3) is 0 Å². The highest BCUT2D eigenvalue weighted by atomic mass is 35.5. The average molecular weight is 321 g/mol. The van der Waals surface area contributed by atoms with Crippen molar-refractivity contribution in [2.24, 2.45) is 0 Å². The maximum absolute atomic E-state index is 11.6. The van der Waals surface area contributed by atoms with Gasteiger partial charge in [-0.05, 0) is 23.8 Å². The monoisotopic (exact) mass is 320 g/mol. The first-order chi connectivity index (χ1) is 10.5. The molecule has 3 rings (SSSR count). The molecule has 116 valence electrons. The Labute approximate surface area is 133 Å². The molecule has 22 heavy (non-hydrogen) atoms. The second-order valence-corrected chi connectivity index (χ2v) is 6.08. The van der Waals surface area contributed by atoms with E-state index in [1.165, 1.54) is 0 Å². The van der Waals surface area contributed by atoms with Gasteiger partial charge in [0.05, 0.1) is 11.6 Å². The number of halogens is 1. The maximum Gasteiger partial charge on any atom is 0.324 e. The van der Waals surface area contributed by atoms with Gasteiger partial charge < -0.3 is 9.84 Å². The number of aliphatic carboxylic acids is 1. The van der Waals surface area contributed by atoms with E-state index in [4.69, 9.17) is 16.3 Å². The van der Waals surface area contributed by atoms with Gasteiger partial charge in [-0.2, -0.15) is 0 Å². The van der Waals surface area contributed by atoms with E-state index in [2.05, 4.69) is 10.3 Å². The van der Waals surface area contributed by atoms with Crippen LogP contribution in [0.3, 0.4) is 0 Å². The number of methoxy groups -OCH3 is 1. The molecule has 1 aromatic carbocycles. The number of carboxylic acids is 1. The SMILES string of the molecule is COC1CC(NCc2cc(Cl)cc3cccnc23)(C(=O)O)C1. The summed E-state index contributed by atoms with van der Waals surface area (Å²) >= 11 is 6.14. The third-order valence-electron chi connectivity index (χ3n) is 4.26. The zero-order valence-corrected chi connectivity index (χ0v) is 12.9. The molecule has 1 fully saturated rings. The van der Waals surface area contributed by atoms with E-state index in [-0.39, 0.29) is 6.10 Å². The number of rotatable bonds is 5. The Morgan fingerprint density at radius 1 is 1.55 bits per heavy atom. The standard InChI is InChI=1S/C16H17ClN2O3/c1-22-13-7-16(8-13,15(20)21)19-9-11-6-12(17)5-10-3-2-4-18-14(10)11/h2-6,13,19H,7-9H2,1H3,(H,20,21). The quantitative estimate of drug-likeness (QED) is 0.886. The first-order valence-electron chi connectivity index (χ1n) is 7.08. The van der Waals surface area contributed by atoms with E-state index in [0.717, 1.165) is 16.5 Å². The average Bonchev–Trinajstić information content (AvgIpc) is 2.45. The number of nitrogens with zero attached hydrogens (tertiary/aromatic N) is 1. The molecule has 0 unspecified atom stereocenters. The maximum atomic E-state index is 11.6. The molecule has 1 aliphatic rings. The van der Waals surface area contributed by atoms with Gasteiger partial charge in [0, 0.05) is 43.1 Å². The number of aromatic nitrogens is 1. The van der Waals surface area contributed by atoms with E-state index in [0.29, 0.717) is 24.4 Å². The Morgan fingerprint density at radius 3 is 3.00 bits per heavy atom. The second kappa shape index (κ2) is 5.83.